The van der Waals surface area contributed by atoms with Crippen molar-refractivity contribution in [1.29, 1.82) is 0 Å². The quantitative estimate of drug-likeness (QED) is 0.109. The zero-order valence-electron chi connectivity index (χ0n) is 18.5. The van der Waals surface area contributed by atoms with Crippen molar-refractivity contribution in [1.82, 2.24) is 0 Å². The van der Waals surface area contributed by atoms with E-state index in [9.17, 15) is 45.3 Å². The van der Waals surface area contributed by atoms with Gasteiger partial charge in [0.1, 0.15) is 10.6 Å². The Hall–Kier alpha value is -4.28. The molecule has 4 aromatic rings. The molecule has 1 heterocycles. The third kappa shape index (κ3) is 5.36. The summed E-state index contributed by atoms with van der Waals surface area (Å²) in [6, 6.07) is 12.1. The van der Waals surface area contributed by atoms with E-state index < -0.39 is 71.3 Å². The van der Waals surface area contributed by atoms with Gasteiger partial charge in [-0.1, -0.05) is 24.3 Å². The molecule has 0 fully saturated rings. The first-order valence-corrected chi connectivity index (χ1v) is 12.6. The lowest BCUT2D eigenvalue weighted by Crippen LogP contribution is -2.24. The van der Waals surface area contributed by atoms with Gasteiger partial charge in [0.05, 0.1) is 16.2 Å². The van der Waals surface area contributed by atoms with Gasteiger partial charge in [-0.2, -0.15) is 21.6 Å². The molecule has 3 aromatic carbocycles. The fourth-order valence-electron chi connectivity index (χ4n) is 3.35. The molecule has 0 saturated carbocycles. The van der Waals surface area contributed by atoms with Crippen LogP contribution in [0, 0.1) is 10.1 Å². The summed E-state index contributed by atoms with van der Waals surface area (Å²) < 4.78 is 97.0. The third-order valence-corrected chi connectivity index (χ3v) is 6.96. The molecule has 0 aliphatic rings. The number of halogens is 3. The zero-order chi connectivity index (χ0) is 27.8. The first kappa shape index (κ1) is 26.8. The normalized spacial score (nSPS) is 12.7. The molecule has 1 aromatic heterocycles. The molecule has 0 spiro atoms. The van der Waals surface area contributed by atoms with Crippen molar-refractivity contribution in [2.75, 3.05) is 4.31 Å². The summed E-state index contributed by atoms with van der Waals surface area (Å²) in [5.41, 5.74) is -4.07. The van der Waals surface area contributed by atoms with Crippen LogP contribution in [0.25, 0.3) is 11.0 Å². The predicted octanol–water partition coefficient (Wildman–Crippen LogP) is 4.76. The molecule has 0 amide bonds. The van der Waals surface area contributed by atoms with E-state index in [1.807, 2.05) is 0 Å². The average Bonchev–Trinajstić information content (AvgIpc) is 2.84. The highest BCUT2D eigenvalue weighted by Crippen LogP contribution is 2.34. The lowest BCUT2D eigenvalue weighted by atomic mass is 10.2. The molecule has 11 nitrogen and oxygen atoms in total. The number of benzene rings is 3. The van der Waals surface area contributed by atoms with Gasteiger partial charge < -0.3 is 8.60 Å². The predicted molar refractivity (Wildman–Crippen MR) is 128 cm³/mol. The number of anilines is 2. The van der Waals surface area contributed by atoms with E-state index in [4.69, 9.17) is 8.60 Å². The van der Waals surface area contributed by atoms with Gasteiger partial charge in [-0.05, 0) is 36.4 Å². The molecule has 0 aliphatic heterocycles. The lowest BCUT2D eigenvalue weighted by Gasteiger charge is -2.19. The summed E-state index contributed by atoms with van der Waals surface area (Å²) in [6.45, 7) is 0. The van der Waals surface area contributed by atoms with E-state index in [1.165, 1.54) is 24.3 Å². The molecular formula is C22H13F3N2O9S2. The second-order valence-electron chi connectivity index (χ2n) is 7.46. The molecule has 1 atom stereocenters. The number of fused-ring (bicyclic) bond motifs is 1. The highest BCUT2D eigenvalue weighted by Gasteiger charge is 2.32. The Morgan fingerprint density at radius 2 is 1.71 bits per heavy atom. The van der Waals surface area contributed by atoms with Gasteiger partial charge in [-0.25, -0.2) is 13.3 Å². The van der Waals surface area contributed by atoms with Crippen LogP contribution in [0.15, 0.2) is 86.9 Å². The fourth-order valence-corrected chi connectivity index (χ4v) is 4.92. The summed E-state index contributed by atoms with van der Waals surface area (Å²) in [5, 5.41) is 11.1. The van der Waals surface area contributed by atoms with E-state index >= 15 is 0 Å². The molecule has 0 aliphatic carbocycles. The Balaban J connectivity index is 1.79. The van der Waals surface area contributed by atoms with Crippen LogP contribution in [0.3, 0.4) is 0 Å². The first-order chi connectivity index (χ1) is 17.8. The minimum absolute atomic E-state index is 0.00257. The molecule has 1 unspecified atom stereocenters. The van der Waals surface area contributed by atoms with Crippen LogP contribution in [0.2, 0.25) is 0 Å². The van der Waals surface area contributed by atoms with E-state index in [2.05, 4.69) is 0 Å². The van der Waals surface area contributed by atoms with Crippen molar-refractivity contribution in [3.63, 3.8) is 0 Å². The van der Waals surface area contributed by atoms with Gasteiger partial charge in [0, 0.05) is 17.5 Å². The maximum absolute atomic E-state index is 13.0. The summed E-state index contributed by atoms with van der Waals surface area (Å²) in [6.07, 6.45) is -4.81. The fraction of sp³-hybridized carbons (Fsp3) is 0.0455. The zero-order valence-corrected chi connectivity index (χ0v) is 20.1. The highest BCUT2D eigenvalue weighted by molar-refractivity contribution is 7.87. The first-order valence-electron chi connectivity index (χ1n) is 10.1. The number of hydrogen-bond donors (Lipinski definition) is 1. The molecule has 16 heteroatoms. The monoisotopic (exact) mass is 570 g/mol. The highest BCUT2D eigenvalue weighted by atomic mass is 32.2. The maximum Gasteiger partial charge on any atom is 0.416 e. The number of nitrogens with zero attached hydrogens (tertiary/aromatic N) is 2. The summed E-state index contributed by atoms with van der Waals surface area (Å²) in [7, 11) is -4.82. The van der Waals surface area contributed by atoms with Crippen LogP contribution < -0.4 is 14.1 Å². The standard InChI is InChI=1S/C22H13F3N2O9S2/c23-22(24,25)14-5-2-8-17(11-14)38(33,34)36-19-9-1-4-13-10-18(21(28)35-20(13)19)26(37(31)32)15-6-3-7-16(12-15)27(29)30/h1-12H,(H,31,32). The van der Waals surface area contributed by atoms with E-state index in [0.29, 0.717) is 16.4 Å². The van der Waals surface area contributed by atoms with Crippen molar-refractivity contribution >= 4 is 49.4 Å². The molecule has 0 saturated heterocycles. The number of alkyl halides is 3. The van der Waals surface area contributed by atoms with Crippen LogP contribution in [0.1, 0.15) is 5.56 Å². The number of nitro groups is 1. The van der Waals surface area contributed by atoms with Gasteiger partial charge in [0.2, 0.25) is 0 Å². The Morgan fingerprint density at radius 1 is 1.03 bits per heavy atom. The second-order valence-corrected chi connectivity index (χ2v) is 9.83. The van der Waals surface area contributed by atoms with Crippen molar-refractivity contribution in [2.45, 2.75) is 11.1 Å². The minimum atomic E-state index is -4.82. The molecule has 1 N–H and O–H groups in total. The van der Waals surface area contributed by atoms with Crippen LogP contribution in [-0.4, -0.2) is 22.1 Å². The number of nitro benzene ring substituents is 1. The summed E-state index contributed by atoms with van der Waals surface area (Å²) in [5.74, 6) is -0.546. The van der Waals surface area contributed by atoms with Gasteiger partial charge >= 0.3 is 21.9 Å². The SMILES string of the molecule is O=c1oc2c(OS(=O)(=O)c3cccc(C(F)(F)F)c3)cccc2cc1N(c1cccc([N+](=O)[O-])c1)S(=O)O. The number of para-hydroxylation sites is 1. The van der Waals surface area contributed by atoms with Gasteiger partial charge in [0.15, 0.2) is 11.3 Å². The Labute approximate surface area is 213 Å². The molecule has 0 bridgehead atoms. The van der Waals surface area contributed by atoms with Crippen LogP contribution in [0.4, 0.5) is 30.2 Å². The van der Waals surface area contributed by atoms with Crippen LogP contribution in [-0.2, 0) is 27.6 Å². The van der Waals surface area contributed by atoms with Crippen molar-refractivity contribution < 1.29 is 43.9 Å². The number of hydrogen-bond acceptors (Lipinski definition) is 8. The topological polar surface area (TPSA) is 157 Å². The van der Waals surface area contributed by atoms with E-state index in [-0.39, 0.29) is 11.1 Å². The summed E-state index contributed by atoms with van der Waals surface area (Å²) >= 11 is -2.90. The van der Waals surface area contributed by atoms with Gasteiger partial charge in [-0.15, -0.1) is 0 Å². The molecule has 198 valence electrons. The molecule has 4 rings (SSSR count). The maximum atomic E-state index is 13.0. The van der Waals surface area contributed by atoms with Gasteiger partial charge in [-0.3, -0.25) is 14.7 Å². The van der Waals surface area contributed by atoms with Crippen molar-refractivity contribution in [3.05, 3.63) is 98.9 Å². The smallest absolute Gasteiger partial charge is 0.416 e. The Morgan fingerprint density at radius 3 is 2.37 bits per heavy atom. The second kappa shape index (κ2) is 9.88. The lowest BCUT2D eigenvalue weighted by molar-refractivity contribution is -0.384. The molecule has 38 heavy (non-hydrogen) atoms. The van der Waals surface area contributed by atoms with E-state index in [0.717, 1.165) is 36.4 Å². The van der Waals surface area contributed by atoms with E-state index in [1.54, 1.807) is 0 Å². The van der Waals surface area contributed by atoms with Gasteiger partial charge in [0.25, 0.3) is 17.0 Å². The van der Waals surface area contributed by atoms with Crippen LogP contribution in [0.5, 0.6) is 5.75 Å². The molecule has 0 radical (unpaired) electrons. The minimum Gasteiger partial charge on any atom is -0.417 e. The van der Waals surface area contributed by atoms with Crippen LogP contribution >= 0.6 is 0 Å². The third-order valence-electron chi connectivity index (χ3n) is 5.01. The van der Waals surface area contributed by atoms with Crippen molar-refractivity contribution in [3.8, 4) is 5.75 Å². The number of non-ortho nitro benzene ring substituents is 1. The Kier molecular flexibility index (Phi) is 6.96. The summed E-state index contributed by atoms with van der Waals surface area (Å²) in [4.78, 5) is 22.3. The van der Waals surface area contributed by atoms with Crippen molar-refractivity contribution in [2.24, 2.45) is 0 Å². The average molecular weight is 570 g/mol. The number of rotatable bonds is 7. The Bertz CT molecular complexity index is 1760. The molecular weight excluding hydrogens is 557 g/mol. The largest absolute Gasteiger partial charge is 0.417 e.